The van der Waals surface area contributed by atoms with Crippen LogP contribution in [0, 0.1) is 11.3 Å². The molecule has 1 nitrogen and oxygen atoms in total. The number of nitrogens with one attached hydrogen (secondary N) is 1. The monoisotopic (exact) mass is 137 g/mol. The highest BCUT2D eigenvalue weighted by Gasteiger charge is 2.08. The second kappa shape index (κ2) is 3.00. The molecule has 10 heavy (non-hydrogen) atoms. The molecule has 56 valence electrons. The summed E-state index contributed by atoms with van der Waals surface area (Å²) in [6.07, 6.45) is 5.36. The van der Waals surface area contributed by atoms with Gasteiger partial charge < -0.3 is 5.41 Å². The molecule has 0 aromatic rings. The number of hydrogen-bond acceptors (Lipinski definition) is 1. The normalized spacial score (nSPS) is 27.6. The van der Waals surface area contributed by atoms with Gasteiger partial charge in [-0.2, -0.15) is 0 Å². The standard InChI is InChI=1S/C9H15N/c1-7-3-4-9(10)6-8(2)5-7/h6-7,10H,3-5H2,1-2H3. The Hall–Kier alpha value is -0.590. The van der Waals surface area contributed by atoms with Crippen molar-refractivity contribution in [1.82, 2.24) is 0 Å². The summed E-state index contributed by atoms with van der Waals surface area (Å²) in [5, 5.41) is 7.47. The molecule has 1 atom stereocenters. The zero-order valence-electron chi connectivity index (χ0n) is 6.78. The molecule has 0 amide bonds. The van der Waals surface area contributed by atoms with Gasteiger partial charge in [-0.25, -0.2) is 0 Å². The molecule has 0 saturated heterocycles. The van der Waals surface area contributed by atoms with E-state index >= 15 is 0 Å². The lowest BCUT2D eigenvalue weighted by Crippen LogP contribution is -1.93. The maximum absolute atomic E-state index is 7.47. The number of rotatable bonds is 0. The molecule has 0 aliphatic heterocycles. The Labute approximate surface area is 62.6 Å². The Morgan fingerprint density at radius 1 is 1.60 bits per heavy atom. The Kier molecular flexibility index (Phi) is 2.25. The van der Waals surface area contributed by atoms with Gasteiger partial charge in [-0.15, -0.1) is 0 Å². The second-order valence-electron chi connectivity index (χ2n) is 3.36. The first-order valence-corrected chi connectivity index (χ1v) is 3.93. The van der Waals surface area contributed by atoms with Crippen LogP contribution in [0.5, 0.6) is 0 Å². The fourth-order valence-corrected chi connectivity index (χ4v) is 1.48. The van der Waals surface area contributed by atoms with Crippen LogP contribution < -0.4 is 0 Å². The molecule has 0 heterocycles. The van der Waals surface area contributed by atoms with E-state index in [1.54, 1.807) is 0 Å². The van der Waals surface area contributed by atoms with E-state index in [-0.39, 0.29) is 0 Å². The summed E-state index contributed by atoms with van der Waals surface area (Å²) in [5.41, 5.74) is 2.18. The molecule has 0 aromatic heterocycles. The lowest BCUT2D eigenvalue weighted by atomic mass is 10.0. The molecule has 1 unspecified atom stereocenters. The zero-order valence-corrected chi connectivity index (χ0v) is 6.78. The van der Waals surface area contributed by atoms with Crippen LogP contribution in [0.1, 0.15) is 33.1 Å². The van der Waals surface area contributed by atoms with Crippen molar-refractivity contribution in [3.63, 3.8) is 0 Å². The quantitative estimate of drug-likeness (QED) is 0.531. The van der Waals surface area contributed by atoms with E-state index in [2.05, 4.69) is 13.8 Å². The van der Waals surface area contributed by atoms with Gasteiger partial charge in [0.15, 0.2) is 0 Å². The minimum Gasteiger partial charge on any atom is -0.305 e. The molecule has 0 saturated carbocycles. The van der Waals surface area contributed by atoms with Crippen molar-refractivity contribution in [1.29, 1.82) is 5.41 Å². The van der Waals surface area contributed by atoms with E-state index < -0.39 is 0 Å². The van der Waals surface area contributed by atoms with E-state index in [1.165, 1.54) is 18.4 Å². The molecule has 0 spiro atoms. The van der Waals surface area contributed by atoms with Gasteiger partial charge in [0.05, 0.1) is 0 Å². The maximum Gasteiger partial charge on any atom is 0.0313 e. The fraction of sp³-hybridized carbons (Fsp3) is 0.667. The van der Waals surface area contributed by atoms with Crippen LogP contribution in [0.25, 0.3) is 0 Å². The van der Waals surface area contributed by atoms with Crippen LogP contribution in [0.4, 0.5) is 0 Å². The lowest BCUT2D eigenvalue weighted by molar-refractivity contribution is 0.547. The third-order valence-corrected chi connectivity index (χ3v) is 2.00. The summed E-state index contributed by atoms with van der Waals surface area (Å²) in [6.45, 7) is 4.38. The van der Waals surface area contributed by atoms with Crippen LogP contribution in [0.3, 0.4) is 0 Å². The van der Waals surface area contributed by atoms with Gasteiger partial charge >= 0.3 is 0 Å². The number of hydrogen-bond donors (Lipinski definition) is 1. The van der Waals surface area contributed by atoms with Gasteiger partial charge in [-0.1, -0.05) is 12.5 Å². The van der Waals surface area contributed by atoms with Gasteiger partial charge in [0.25, 0.3) is 0 Å². The van der Waals surface area contributed by atoms with Crippen molar-refractivity contribution in [2.75, 3.05) is 0 Å². The average Bonchev–Trinajstić information content (AvgIpc) is 1.93. The summed E-state index contributed by atoms with van der Waals surface area (Å²) < 4.78 is 0. The van der Waals surface area contributed by atoms with Crippen molar-refractivity contribution in [2.24, 2.45) is 5.92 Å². The van der Waals surface area contributed by atoms with Crippen molar-refractivity contribution >= 4 is 5.71 Å². The first kappa shape index (κ1) is 7.52. The summed E-state index contributed by atoms with van der Waals surface area (Å²) in [6, 6.07) is 0. The van der Waals surface area contributed by atoms with Crippen LogP contribution in [-0.2, 0) is 0 Å². The highest BCUT2D eigenvalue weighted by Crippen LogP contribution is 2.20. The summed E-state index contributed by atoms with van der Waals surface area (Å²) in [7, 11) is 0. The highest BCUT2D eigenvalue weighted by molar-refractivity contribution is 5.93. The van der Waals surface area contributed by atoms with Crippen LogP contribution >= 0.6 is 0 Å². The topological polar surface area (TPSA) is 23.9 Å². The van der Waals surface area contributed by atoms with E-state index in [9.17, 15) is 0 Å². The third-order valence-electron chi connectivity index (χ3n) is 2.00. The molecule has 0 radical (unpaired) electrons. The maximum atomic E-state index is 7.47. The Balaban J connectivity index is 2.64. The lowest BCUT2D eigenvalue weighted by Gasteiger charge is -2.05. The summed E-state index contributed by atoms with van der Waals surface area (Å²) in [4.78, 5) is 0. The molecule has 0 fully saturated rings. The fourth-order valence-electron chi connectivity index (χ4n) is 1.48. The predicted octanol–water partition coefficient (Wildman–Crippen LogP) is 2.77. The van der Waals surface area contributed by atoms with Crippen LogP contribution in [0.15, 0.2) is 11.6 Å². The third kappa shape index (κ3) is 1.98. The van der Waals surface area contributed by atoms with Crippen molar-refractivity contribution in [3.8, 4) is 0 Å². The van der Waals surface area contributed by atoms with Crippen molar-refractivity contribution in [2.45, 2.75) is 33.1 Å². The molecule has 1 rings (SSSR count). The van der Waals surface area contributed by atoms with Crippen LogP contribution in [0.2, 0.25) is 0 Å². The summed E-state index contributed by atoms with van der Waals surface area (Å²) >= 11 is 0. The molecular weight excluding hydrogens is 122 g/mol. The smallest absolute Gasteiger partial charge is 0.0313 e. The molecule has 1 aliphatic carbocycles. The van der Waals surface area contributed by atoms with Gasteiger partial charge in [0.2, 0.25) is 0 Å². The number of allylic oxidation sites excluding steroid dienone is 2. The minimum absolute atomic E-state index is 0.777. The average molecular weight is 137 g/mol. The Morgan fingerprint density at radius 3 is 3.00 bits per heavy atom. The van der Waals surface area contributed by atoms with E-state index in [0.717, 1.165) is 18.1 Å². The highest BCUT2D eigenvalue weighted by atomic mass is 14.4. The molecule has 1 N–H and O–H groups in total. The zero-order chi connectivity index (χ0) is 7.56. The Bertz CT molecular complexity index is 168. The Morgan fingerprint density at radius 2 is 2.30 bits per heavy atom. The van der Waals surface area contributed by atoms with Gasteiger partial charge in [0.1, 0.15) is 0 Å². The minimum atomic E-state index is 0.777. The predicted molar refractivity (Wildman–Crippen MR) is 44.5 cm³/mol. The molecule has 1 aliphatic rings. The first-order chi connectivity index (χ1) is 4.68. The molecule has 1 heteroatoms. The molecule has 0 bridgehead atoms. The van der Waals surface area contributed by atoms with Gasteiger partial charge in [-0.3, -0.25) is 0 Å². The van der Waals surface area contributed by atoms with Gasteiger partial charge in [0, 0.05) is 5.71 Å². The van der Waals surface area contributed by atoms with Gasteiger partial charge in [-0.05, 0) is 38.2 Å². The van der Waals surface area contributed by atoms with Crippen molar-refractivity contribution in [3.05, 3.63) is 11.6 Å². The largest absolute Gasteiger partial charge is 0.305 e. The molecular formula is C9H15N. The van der Waals surface area contributed by atoms with E-state index in [0.29, 0.717) is 0 Å². The second-order valence-corrected chi connectivity index (χ2v) is 3.36. The van der Waals surface area contributed by atoms with Crippen LogP contribution in [-0.4, -0.2) is 5.71 Å². The van der Waals surface area contributed by atoms with Crippen molar-refractivity contribution < 1.29 is 0 Å². The van der Waals surface area contributed by atoms with E-state index in [1.807, 2.05) is 6.08 Å². The SMILES string of the molecule is CC1=CC(=N)CCC(C)C1. The van der Waals surface area contributed by atoms with E-state index in [4.69, 9.17) is 5.41 Å². The molecule has 0 aromatic carbocycles. The summed E-state index contributed by atoms with van der Waals surface area (Å²) in [5.74, 6) is 0.777. The first-order valence-electron chi connectivity index (χ1n) is 3.93.